The maximum absolute atomic E-state index is 9.00. The average Bonchev–Trinajstić information content (AvgIpc) is 1.33. The van der Waals surface area contributed by atoms with Crippen LogP contribution in [0.15, 0.2) is 0 Å². The highest BCUT2D eigenvalue weighted by atomic mass is 16.4. The van der Waals surface area contributed by atoms with E-state index < -0.39 is 5.97 Å². The lowest BCUT2D eigenvalue weighted by atomic mass is 10.9. The van der Waals surface area contributed by atoms with Crippen LogP contribution in [-0.4, -0.2) is 11.1 Å². The van der Waals surface area contributed by atoms with Crippen molar-refractivity contribution in [2.24, 2.45) is 0 Å². The zero-order chi connectivity index (χ0) is 6.28. The molecule has 0 radical (unpaired) electrons. The van der Waals surface area contributed by atoms with Crippen LogP contribution >= 0.6 is 0 Å². The van der Waals surface area contributed by atoms with Crippen molar-refractivity contribution in [1.29, 1.82) is 5.26 Å². The van der Waals surface area contributed by atoms with Gasteiger partial charge in [-0.15, -0.1) is 0 Å². The molecule has 0 aromatic rings. The largest absolute Gasteiger partial charge is 0.481 e. The van der Waals surface area contributed by atoms with Gasteiger partial charge in [-0.25, -0.2) is 0 Å². The van der Waals surface area contributed by atoms with Gasteiger partial charge in [0, 0.05) is 13.8 Å². The zero-order valence-corrected chi connectivity index (χ0v) is 5.01. The predicted molar refractivity (Wildman–Crippen MR) is 29.6 cm³/mol. The fourth-order valence-electron chi connectivity index (χ4n) is 0. The summed E-state index contributed by atoms with van der Waals surface area (Å²) >= 11 is 0. The Morgan fingerprint density at radius 2 is 1.75 bits per heavy atom. The maximum atomic E-state index is 9.00. The number of rotatable bonds is 0. The quantitative estimate of drug-likeness (QED) is 0.491. The van der Waals surface area contributed by atoms with Crippen molar-refractivity contribution in [1.82, 2.24) is 6.15 Å². The van der Waals surface area contributed by atoms with Crippen LogP contribution in [0.2, 0.25) is 0 Å². The fraction of sp³-hybridized carbons (Fsp3) is 0.500. The van der Waals surface area contributed by atoms with E-state index in [1.165, 1.54) is 6.92 Å². The Hall–Kier alpha value is -1.08. The van der Waals surface area contributed by atoms with Crippen molar-refractivity contribution in [2.75, 3.05) is 0 Å². The van der Waals surface area contributed by atoms with E-state index in [9.17, 15) is 0 Å². The molecule has 0 aliphatic carbocycles. The highest BCUT2D eigenvalue weighted by molar-refractivity contribution is 5.62. The molecule has 0 aliphatic heterocycles. The van der Waals surface area contributed by atoms with Crippen LogP contribution in [0.1, 0.15) is 13.8 Å². The lowest BCUT2D eigenvalue weighted by Gasteiger charge is -1.59. The molecule has 0 atom stereocenters. The Kier molecular flexibility index (Phi) is 33.2. The van der Waals surface area contributed by atoms with Gasteiger partial charge in [0.25, 0.3) is 5.97 Å². The van der Waals surface area contributed by atoms with Gasteiger partial charge in [-0.05, 0) is 0 Å². The number of carboxylic acid groups (broad SMARTS) is 1. The van der Waals surface area contributed by atoms with Gasteiger partial charge in [0.05, 0.1) is 6.07 Å². The Morgan fingerprint density at radius 1 is 1.75 bits per heavy atom. The predicted octanol–water partition coefficient (Wildman–Crippen LogP) is 0.783. The van der Waals surface area contributed by atoms with E-state index in [2.05, 4.69) is 0 Å². The van der Waals surface area contributed by atoms with Gasteiger partial charge in [0.2, 0.25) is 0 Å². The van der Waals surface area contributed by atoms with Crippen molar-refractivity contribution >= 4 is 5.97 Å². The van der Waals surface area contributed by atoms with Crippen LogP contribution in [0.25, 0.3) is 0 Å². The highest BCUT2D eigenvalue weighted by Gasteiger charge is 1.65. The standard InChI is InChI=1S/C2H3N.C2H4O2.H3N/c1-2-3;1-2(3)4;/h1H3;1H3,(H,3,4);1H3. The first kappa shape index (κ1) is 15.8. The molecule has 4 heteroatoms. The lowest BCUT2D eigenvalue weighted by Crippen LogP contribution is -1.78. The SMILES string of the molecule is CC#N.CC(=O)O.N. The Bertz CT molecular complexity index is 80.5. The number of aliphatic carboxylic acids is 1. The molecule has 0 saturated heterocycles. The van der Waals surface area contributed by atoms with Crippen molar-refractivity contribution in [2.45, 2.75) is 13.8 Å². The molecule has 0 aliphatic rings. The smallest absolute Gasteiger partial charge is 0.300 e. The minimum Gasteiger partial charge on any atom is -0.481 e. The van der Waals surface area contributed by atoms with E-state index in [0.29, 0.717) is 0 Å². The summed E-state index contributed by atoms with van der Waals surface area (Å²) in [4.78, 5) is 9.00. The minimum absolute atomic E-state index is 0. The molecule has 8 heavy (non-hydrogen) atoms. The van der Waals surface area contributed by atoms with Gasteiger partial charge >= 0.3 is 0 Å². The first-order chi connectivity index (χ1) is 3.15. The molecule has 0 rings (SSSR count). The van der Waals surface area contributed by atoms with E-state index in [4.69, 9.17) is 15.2 Å². The molecule has 0 amide bonds. The Morgan fingerprint density at radius 3 is 1.75 bits per heavy atom. The second kappa shape index (κ2) is 16.8. The number of hydrogen-bond donors (Lipinski definition) is 2. The van der Waals surface area contributed by atoms with Crippen molar-refractivity contribution < 1.29 is 9.90 Å². The average molecular weight is 118 g/mol. The van der Waals surface area contributed by atoms with Gasteiger partial charge < -0.3 is 11.3 Å². The minimum atomic E-state index is -0.833. The fourth-order valence-corrected chi connectivity index (χ4v) is 0. The van der Waals surface area contributed by atoms with Crippen molar-refractivity contribution in [3.8, 4) is 6.07 Å². The first-order valence-corrected chi connectivity index (χ1v) is 1.65. The number of carbonyl (C=O) groups is 1. The van der Waals surface area contributed by atoms with Gasteiger partial charge in [-0.1, -0.05) is 0 Å². The summed E-state index contributed by atoms with van der Waals surface area (Å²) in [7, 11) is 0. The van der Waals surface area contributed by atoms with Crippen LogP contribution in [0, 0.1) is 11.3 Å². The molecule has 0 aromatic carbocycles. The maximum Gasteiger partial charge on any atom is 0.300 e. The van der Waals surface area contributed by atoms with E-state index >= 15 is 0 Å². The molecule has 0 unspecified atom stereocenters. The number of nitriles is 1. The summed E-state index contributed by atoms with van der Waals surface area (Å²) in [5.41, 5.74) is 0. The number of carboxylic acids is 1. The number of nitrogens with zero attached hydrogens (tertiary/aromatic N) is 1. The molecule has 0 saturated carbocycles. The molecule has 0 aromatic heterocycles. The molecule has 0 fully saturated rings. The number of hydrogen-bond acceptors (Lipinski definition) is 3. The van der Waals surface area contributed by atoms with Gasteiger partial charge in [-0.3, -0.25) is 4.79 Å². The van der Waals surface area contributed by atoms with Gasteiger partial charge in [0.15, 0.2) is 0 Å². The second-order valence-electron chi connectivity index (χ2n) is 0.743. The Balaban J connectivity index is -0.0000000575. The first-order valence-electron chi connectivity index (χ1n) is 1.65. The highest BCUT2D eigenvalue weighted by Crippen LogP contribution is 1.42. The van der Waals surface area contributed by atoms with E-state index in [1.54, 1.807) is 6.07 Å². The summed E-state index contributed by atoms with van der Waals surface area (Å²) in [5.74, 6) is -0.833. The summed E-state index contributed by atoms with van der Waals surface area (Å²) in [6.07, 6.45) is 0. The monoisotopic (exact) mass is 118 g/mol. The van der Waals surface area contributed by atoms with Crippen LogP contribution < -0.4 is 6.15 Å². The van der Waals surface area contributed by atoms with Crippen LogP contribution in [-0.2, 0) is 4.79 Å². The summed E-state index contributed by atoms with van der Waals surface area (Å²) in [6.45, 7) is 2.51. The molecule has 4 N–H and O–H groups in total. The van der Waals surface area contributed by atoms with E-state index in [1.807, 2.05) is 0 Å². The molecule has 48 valence electrons. The Labute approximate surface area is 48.3 Å². The molecule has 0 heterocycles. The molecule has 0 bridgehead atoms. The van der Waals surface area contributed by atoms with Crippen molar-refractivity contribution in [3.63, 3.8) is 0 Å². The molecule has 4 nitrogen and oxygen atoms in total. The van der Waals surface area contributed by atoms with Gasteiger partial charge in [0.1, 0.15) is 0 Å². The van der Waals surface area contributed by atoms with Crippen molar-refractivity contribution in [3.05, 3.63) is 0 Å². The third-order valence-corrected chi connectivity index (χ3v) is 0. The topological polar surface area (TPSA) is 96.1 Å². The summed E-state index contributed by atoms with van der Waals surface area (Å²) in [6, 6.07) is 1.75. The normalized spacial score (nSPS) is 4.12. The molecular weight excluding hydrogens is 108 g/mol. The van der Waals surface area contributed by atoms with E-state index in [-0.39, 0.29) is 6.15 Å². The van der Waals surface area contributed by atoms with Crippen LogP contribution in [0.3, 0.4) is 0 Å². The van der Waals surface area contributed by atoms with Gasteiger partial charge in [-0.2, -0.15) is 5.26 Å². The lowest BCUT2D eigenvalue weighted by molar-refractivity contribution is -0.134. The zero-order valence-electron chi connectivity index (χ0n) is 5.01. The summed E-state index contributed by atoms with van der Waals surface area (Å²) < 4.78 is 0. The summed E-state index contributed by atoms with van der Waals surface area (Å²) in [5, 5.41) is 14.7. The molecular formula is C4H10N2O2. The molecule has 0 spiro atoms. The van der Waals surface area contributed by atoms with Crippen LogP contribution in [0.5, 0.6) is 0 Å². The van der Waals surface area contributed by atoms with E-state index in [0.717, 1.165) is 6.92 Å². The third kappa shape index (κ3) is 64.8. The van der Waals surface area contributed by atoms with Crippen LogP contribution in [0.4, 0.5) is 0 Å². The third-order valence-electron chi connectivity index (χ3n) is 0. The second-order valence-corrected chi connectivity index (χ2v) is 0.743.